The molecule has 0 bridgehead atoms. The molecule has 0 radical (unpaired) electrons. The summed E-state index contributed by atoms with van der Waals surface area (Å²) in [5.41, 5.74) is 1.29. The molecule has 3 aromatic heterocycles. The largest absolute Gasteiger partial charge is 0.480 e. The normalized spacial score (nSPS) is 11.4. The summed E-state index contributed by atoms with van der Waals surface area (Å²) in [6, 6.07) is 6.86. The van der Waals surface area contributed by atoms with Gasteiger partial charge in [-0.3, -0.25) is 13.9 Å². The molecule has 0 saturated carbocycles. The second-order valence-corrected chi connectivity index (χ2v) is 8.48. The average molecular weight is 473 g/mol. The van der Waals surface area contributed by atoms with Crippen molar-refractivity contribution < 1.29 is 21.9 Å². The molecule has 4 rings (SSSR count). The zero-order valence-electron chi connectivity index (χ0n) is 17.3. The number of nitrogens with zero attached hydrogens (tertiary/aromatic N) is 3. The van der Waals surface area contributed by atoms with E-state index < -0.39 is 26.6 Å². The van der Waals surface area contributed by atoms with Gasteiger partial charge in [-0.2, -0.15) is 0 Å². The summed E-state index contributed by atoms with van der Waals surface area (Å²) in [6.45, 7) is 0. The first-order chi connectivity index (χ1) is 15.7. The molecular weight excluding hydrogens is 456 g/mol. The van der Waals surface area contributed by atoms with Crippen molar-refractivity contribution in [3.8, 4) is 17.0 Å². The monoisotopic (exact) mass is 473 g/mol. The predicted octanol–water partition coefficient (Wildman–Crippen LogP) is 2.89. The number of rotatable bonds is 6. The van der Waals surface area contributed by atoms with Gasteiger partial charge in [0.15, 0.2) is 0 Å². The number of sulfonamides is 1. The Morgan fingerprint density at radius 2 is 1.79 bits per heavy atom. The third-order valence-corrected chi connectivity index (χ3v) is 6.18. The molecule has 4 aromatic rings. The quantitative estimate of drug-likeness (QED) is 0.443. The van der Waals surface area contributed by atoms with Crippen LogP contribution in [-0.4, -0.2) is 36.9 Å². The van der Waals surface area contributed by atoms with Crippen molar-refractivity contribution in [1.82, 2.24) is 14.4 Å². The van der Waals surface area contributed by atoms with Crippen LogP contribution in [0.25, 0.3) is 16.8 Å². The minimum atomic E-state index is -4.43. The highest BCUT2D eigenvalue weighted by Crippen LogP contribution is 2.30. The summed E-state index contributed by atoms with van der Waals surface area (Å²) in [7, 11) is -1.54. The van der Waals surface area contributed by atoms with Crippen molar-refractivity contribution in [1.29, 1.82) is 0 Å². The van der Waals surface area contributed by atoms with Crippen molar-refractivity contribution in [2.45, 2.75) is 4.90 Å². The maximum absolute atomic E-state index is 14.1. The zero-order chi connectivity index (χ0) is 23.8. The maximum atomic E-state index is 14.1. The second kappa shape index (κ2) is 8.47. The van der Waals surface area contributed by atoms with E-state index in [1.807, 2.05) is 0 Å². The van der Waals surface area contributed by atoms with Crippen molar-refractivity contribution in [2.75, 3.05) is 24.2 Å². The number of anilines is 2. The van der Waals surface area contributed by atoms with Gasteiger partial charge in [-0.25, -0.2) is 27.2 Å². The Hall–Kier alpha value is -4.06. The SMILES string of the molecule is CNc1cnc2ccc(-c3cnc(OC)c(NS(=O)(=O)c4ccc(F)cc4F)c3)cn2c1=O. The van der Waals surface area contributed by atoms with Crippen LogP contribution < -0.4 is 20.3 Å². The number of methoxy groups -OCH3 is 1. The summed E-state index contributed by atoms with van der Waals surface area (Å²) in [5, 5.41) is 2.76. The lowest BCUT2D eigenvalue weighted by Crippen LogP contribution is -2.18. The highest BCUT2D eigenvalue weighted by molar-refractivity contribution is 7.92. The van der Waals surface area contributed by atoms with Crippen LogP contribution in [-0.2, 0) is 10.0 Å². The minimum absolute atomic E-state index is 0.0677. The highest BCUT2D eigenvalue weighted by atomic mass is 32.2. The van der Waals surface area contributed by atoms with E-state index in [0.717, 1.165) is 12.1 Å². The topological polar surface area (TPSA) is 115 Å². The minimum Gasteiger partial charge on any atom is -0.480 e. The van der Waals surface area contributed by atoms with Gasteiger partial charge < -0.3 is 10.1 Å². The van der Waals surface area contributed by atoms with E-state index in [-0.39, 0.29) is 17.1 Å². The summed E-state index contributed by atoms with van der Waals surface area (Å²) >= 11 is 0. The van der Waals surface area contributed by atoms with Gasteiger partial charge in [-0.15, -0.1) is 0 Å². The molecule has 0 aliphatic carbocycles. The molecule has 0 atom stereocenters. The molecule has 0 saturated heterocycles. The third kappa shape index (κ3) is 4.20. The van der Waals surface area contributed by atoms with Crippen molar-refractivity contribution in [2.24, 2.45) is 0 Å². The number of ether oxygens (including phenoxy) is 1. The van der Waals surface area contributed by atoms with E-state index in [1.165, 1.54) is 36.2 Å². The standard InChI is InChI=1S/C21H17F2N5O4S/c1-24-17-10-25-19-6-3-12(11-28(19)21(17)29)13-7-16(20(32-2)26-9-13)27-33(30,31)18-5-4-14(22)8-15(18)23/h3-11,24,27H,1-2H3. The number of hydrogen-bond donors (Lipinski definition) is 2. The lowest BCUT2D eigenvalue weighted by Gasteiger charge is -2.13. The smallest absolute Gasteiger partial charge is 0.281 e. The number of nitrogens with one attached hydrogen (secondary N) is 2. The average Bonchev–Trinajstić information content (AvgIpc) is 2.78. The van der Waals surface area contributed by atoms with E-state index >= 15 is 0 Å². The molecule has 33 heavy (non-hydrogen) atoms. The first-order valence-electron chi connectivity index (χ1n) is 9.45. The number of fused-ring (bicyclic) bond motifs is 1. The lowest BCUT2D eigenvalue weighted by atomic mass is 10.1. The van der Waals surface area contributed by atoms with Gasteiger partial charge in [-0.05, 0) is 30.3 Å². The number of pyridine rings is 2. The van der Waals surface area contributed by atoms with Crippen molar-refractivity contribution in [3.05, 3.63) is 77.0 Å². The van der Waals surface area contributed by atoms with Crippen LogP contribution in [0.5, 0.6) is 5.88 Å². The van der Waals surface area contributed by atoms with Gasteiger partial charge in [-0.1, -0.05) is 0 Å². The zero-order valence-corrected chi connectivity index (χ0v) is 18.2. The van der Waals surface area contributed by atoms with Crippen LogP contribution in [0, 0.1) is 11.6 Å². The summed E-state index contributed by atoms with van der Waals surface area (Å²) < 4.78 is 61.4. The molecule has 0 aliphatic rings. The fourth-order valence-corrected chi connectivity index (χ4v) is 4.27. The molecule has 12 heteroatoms. The van der Waals surface area contributed by atoms with E-state index in [2.05, 4.69) is 20.0 Å². The van der Waals surface area contributed by atoms with Gasteiger partial charge >= 0.3 is 0 Å². The first-order valence-corrected chi connectivity index (χ1v) is 10.9. The van der Waals surface area contributed by atoms with E-state index in [0.29, 0.717) is 28.5 Å². The van der Waals surface area contributed by atoms with Gasteiger partial charge in [0.1, 0.15) is 33.6 Å². The Labute approximate surface area is 186 Å². The van der Waals surface area contributed by atoms with Gasteiger partial charge in [0.05, 0.1) is 13.3 Å². The van der Waals surface area contributed by atoms with Gasteiger partial charge in [0, 0.05) is 36.6 Å². The number of benzene rings is 1. The molecule has 3 heterocycles. The summed E-state index contributed by atoms with van der Waals surface area (Å²) in [4.78, 5) is 20.2. The molecule has 1 aromatic carbocycles. The third-order valence-electron chi connectivity index (χ3n) is 4.78. The molecule has 0 unspecified atom stereocenters. The number of hydrogen-bond acceptors (Lipinski definition) is 7. The molecule has 2 N–H and O–H groups in total. The Kier molecular flexibility index (Phi) is 5.68. The predicted molar refractivity (Wildman–Crippen MR) is 118 cm³/mol. The lowest BCUT2D eigenvalue weighted by molar-refractivity contribution is 0.400. The Morgan fingerprint density at radius 1 is 1.00 bits per heavy atom. The van der Waals surface area contributed by atoms with E-state index in [1.54, 1.807) is 19.2 Å². The molecule has 0 aliphatic heterocycles. The van der Waals surface area contributed by atoms with E-state index in [9.17, 15) is 22.0 Å². The molecule has 0 spiro atoms. The van der Waals surface area contributed by atoms with Crippen LogP contribution in [0.4, 0.5) is 20.2 Å². The van der Waals surface area contributed by atoms with Crippen LogP contribution in [0.15, 0.2) is 64.7 Å². The number of halogens is 2. The Balaban J connectivity index is 1.79. The molecule has 9 nitrogen and oxygen atoms in total. The second-order valence-electron chi connectivity index (χ2n) is 6.83. The summed E-state index contributed by atoms with van der Waals surface area (Å²) in [6.07, 6.45) is 4.39. The molecule has 170 valence electrons. The van der Waals surface area contributed by atoms with Crippen LogP contribution in [0.2, 0.25) is 0 Å². The Bertz CT molecular complexity index is 1540. The molecular formula is C21H17F2N5O4S. The number of aromatic nitrogens is 3. The first kappa shape index (κ1) is 22.1. The molecule has 0 fully saturated rings. The fourth-order valence-electron chi connectivity index (χ4n) is 3.16. The van der Waals surface area contributed by atoms with Gasteiger partial charge in [0.25, 0.3) is 15.6 Å². The van der Waals surface area contributed by atoms with Crippen LogP contribution >= 0.6 is 0 Å². The van der Waals surface area contributed by atoms with Crippen LogP contribution in [0.3, 0.4) is 0 Å². The van der Waals surface area contributed by atoms with Crippen molar-refractivity contribution in [3.63, 3.8) is 0 Å². The highest BCUT2D eigenvalue weighted by Gasteiger charge is 2.22. The maximum Gasteiger partial charge on any atom is 0.281 e. The Morgan fingerprint density at radius 3 is 2.48 bits per heavy atom. The summed E-state index contributed by atoms with van der Waals surface area (Å²) in [5.74, 6) is -2.22. The molecule has 0 amide bonds. The fraction of sp³-hybridized carbons (Fsp3) is 0.0952. The van der Waals surface area contributed by atoms with Crippen molar-refractivity contribution >= 4 is 27.0 Å². The van der Waals surface area contributed by atoms with Gasteiger partial charge in [0.2, 0.25) is 5.88 Å². The van der Waals surface area contributed by atoms with E-state index in [4.69, 9.17) is 4.74 Å². The van der Waals surface area contributed by atoms with Crippen LogP contribution in [0.1, 0.15) is 0 Å².